The number of rotatable bonds is 5. The molecule has 0 bridgehead atoms. The zero-order valence-corrected chi connectivity index (χ0v) is 17.2. The minimum atomic E-state index is -1.11. The van der Waals surface area contributed by atoms with Crippen LogP contribution in [0.5, 0.6) is 0 Å². The van der Waals surface area contributed by atoms with Crippen molar-refractivity contribution < 1.29 is 14.4 Å². The number of aromatic nitrogens is 2. The summed E-state index contributed by atoms with van der Waals surface area (Å²) < 4.78 is 12.6. The normalized spacial score (nSPS) is 25.1. The second-order valence-electron chi connectivity index (χ2n) is 7.90. The van der Waals surface area contributed by atoms with Gasteiger partial charge in [-0.05, 0) is 36.3 Å². The summed E-state index contributed by atoms with van der Waals surface area (Å²) in [6.45, 7) is 0.735. The lowest BCUT2D eigenvalue weighted by Gasteiger charge is -2.42. The van der Waals surface area contributed by atoms with Gasteiger partial charge in [0.25, 0.3) is 0 Å². The van der Waals surface area contributed by atoms with Gasteiger partial charge in [0.05, 0.1) is 41.3 Å². The number of nitrogens with zero attached hydrogens (tertiary/aromatic N) is 3. The third kappa shape index (κ3) is 2.96. The zero-order chi connectivity index (χ0) is 19.3. The van der Waals surface area contributed by atoms with Gasteiger partial charge in [0, 0.05) is 30.0 Å². The Labute approximate surface area is 170 Å². The molecule has 2 aliphatic heterocycles. The van der Waals surface area contributed by atoms with Crippen LogP contribution in [0.4, 0.5) is 11.8 Å². The van der Waals surface area contributed by atoms with Gasteiger partial charge in [-0.15, -0.1) is 11.3 Å². The predicted molar refractivity (Wildman–Crippen MR) is 109 cm³/mol. The van der Waals surface area contributed by atoms with Crippen LogP contribution in [-0.2, 0) is 30.2 Å². The smallest absolute Gasteiger partial charge is 0.228 e. The highest BCUT2D eigenvalue weighted by molar-refractivity contribution is 7.85. The number of fused-ring (bicyclic) bond motifs is 2. The van der Waals surface area contributed by atoms with Crippen LogP contribution >= 0.6 is 11.3 Å². The molecule has 2 atom stereocenters. The second-order valence-corrected chi connectivity index (χ2v) is 10.4. The lowest BCUT2D eigenvalue weighted by atomic mass is 9.77. The first-order valence-electron chi connectivity index (χ1n) is 9.73. The van der Waals surface area contributed by atoms with Crippen molar-refractivity contribution in [2.75, 3.05) is 29.2 Å². The molecule has 1 aliphatic carbocycles. The van der Waals surface area contributed by atoms with Crippen LogP contribution in [-0.4, -0.2) is 54.9 Å². The second kappa shape index (κ2) is 7.05. The molecule has 3 N–H and O–H groups in total. The monoisotopic (exact) mass is 420 g/mol. The summed E-state index contributed by atoms with van der Waals surface area (Å²) in [5.41, 5.74) is 1.71. The minimum Gasteiger partial charge on any atom is -0.394 e. The van der Waals surface area contributed by atoms with E-state index in [9.17, 15) is 14.4 Å². The molecule has 0 aromatic carbocycles. The number of aryl methyl sites for hydroxylation is 1. The van der Waals surface area contributed by atoms with Crippen LogP contribution in [0.2, 0.25) is 0 Å². The van der Waals surface area contributed by atoms with Gasteiger partial charge in [-0.1, -0.05) is 0 Å². The van der Waals surface area contributed by atoms with Gasteiger partial charge in [-0.25, -0.2) is 4.98 Å². The molecular weight excluding hydrogens is 396 g/mol. The van der Waals surface area contributed by atoms with Gasteiger partial charge in [-0.3, -0.25) is 4.21 Å². The van der Waals surface area contributed by atoms with Crippen molar-refractivity contribution in [3.8, 4) is 0 Å². The number of anilines is 2. The number of thiophene rings is 1. The highest BCUT2D eigenvalue weighted by Crippen LogP contribution is 2.39. The summed E-state index contributed by atoms with van der Waals surface area (Å²) >= 11 is 1.73. The molecule has 3 aliphatic rings. The van der Waals surface area contributed by atoms with Crippen molar-refractivity contribution in [1.29, 1.82) is 0 Å². The summed E-state index contributed by atoms with van der Waals surface area (Å²) in [6, 6.07) is 2.05. The third-order valence-corrected chi connectivity index (χ3v) is 8.63. The highest BCUT2D eigenvalue weighted by Gasteiger charge is 2.39. The molecule has 4 heterocycles. The first kappa shape index (κ1) is 18.5. The van der Waals surface area contributed by atoms with Gasteiger partial charge in [0.15, 0.2) is 0 Å². The Morgan fingerprint density at radius 3 is 2.93 bits per heavy atom. The fourth-order valence-electron chi connectivity index (χ4n) is 4.30. The maximum absolute atomic E-state index is 12.6. The topological polar surface area (TPSA) is 98.6 Å². The van der Waals surface area contributed by atoms with E-state index in [1.54, 1.807) is 11.3 Å². The SMILES string of the molecule is O=[S@]1CCc2nc(N3Cc4ccsc4C[C@H]3CO)nc(NC3(CO)CCC3)c21. The van der Waals surface area contributed by atoms with E-state index in [4.69, 9.17) is 9.97 Å². The molecule has 7 nitrogen and oxygen atoms in total. The largest absolute Gasteiger partial charge is 0.394 e. The zero-order valence-electron chi connectivity index (χ0n) is 15.6. The predicted octanol–water partition coefficient (Wildman–Crippen LogP) is 1.45. The molecule has 0 saturated heterocycles. The number of aliphatic hydroxyl groups is 2. The van der Waals surface area contributed by atoms with Crippen molar-refractivity contribution in [1.82, 2.24) is 9.97 Å². The molecule has 0 radical (unpaired) electrons. The van der Waals surface area contributed by atoms with Crippen molar-refractivity contribution in [3.05, 3.63) is 27.6 Å². The van der Waals surface area contributed by atoms with Crippen molar-refractivity contribution in [2.45, 2.75) is 55.1 Å². The van der Waals surface area contributed by atoms with E-state index in [0.29, 0.717) is 35.4 Å². The molecule has 0 unspecified atom stereocenters. The van der Waals surface area contributed by atoms with Crippen molar-refractivity contribution >= 4 is 33.9 Å². The van der Waals surface area contributed by atoms with Gasteiger partial charge in [0.2, 0.25) is 5.95 Å². The Bertz CT molecular complexity index is 922. The molecular formula is C19H24N4O3S2. The maximum atomic E-state index is 12.6. The Morgan fingerprint density at radius 1 is 1.36 bits per heavy atom. The van der Waals surface area contributed by atoms with Gasteiger partial charge < -0.3 is 20.4 Å². The molecule has 2 aromatic heterocycles. The first-order valence-corrected chi connectivity index (χ1v) is 11.9. The third-order valence-electron chi connectivity index (χ3n) is 6.18. The van der Waals surface area contributed by atoms with Crippen LogP contribution in [0, 0.1) is 0 Å². The number of nitrogens with one attached hydrogen (secondary N) is 1. The lowest BCUT2D eigenvalue weighted by Crippen LogP contribution is -2.49. The summed E-state index contributed by atoms with van der Waals surface area (Å²) in [7, 11) is -1.11. The summed E-state index contributed by atoms with van der Waals surface area (Å²) in [5, 5.41) is 25.3. The molecule has 0 amide bonds. The standard InChI is InChI=1S/C19H24N4O3S2/c24-10-13-8-15-12(2-6-27-15)9-23(13)18-20-14-3-7-28(26)16(14)17(21-18)22-19(11-25)4-1-5-19/h2,6,13,24-25H,1,3-5,7-11H2,(H,20,21,22)/t13-,28-/m0/s1. The molecule has 5 rings (SSSR count). The Balaban J connectivity index is 1.55. The van der Waals surface area contributed by atoms with Gasteiger partial charge in [0.1, 0.15) is 10.7 Å². The Morgan fingerprint density at radius 2 is 2.21 bits per heavy atom. The van der Waals surface area contributed by atoms with E-state index in [-0.39, 0.29) is 24.8 Å². The highest BCUT2D eigenvalue weighted by atomic mass is 32.2. The minimum absolute atomic E-state index is 0.0348. The average Bonchev–Trinajstić information content (AvgIpc) is 3.29. The molecule has 150 valence electrons. The van der Waals surface area contributed by atoms with Gasteiger partial charge in [-0.2, -0.15) is 4.98 Å². The summed E-state index contributed by atoms with van der Waals surface area (Å²) in [5.74, 6) is 1.73. The van der Waals surface area contributed by atoms with Crippen LogP contribution in [0.1, 0.15) is 35.4 Å². The summed E-state index contributed by atoms with van der Waals surface area (Å²) in [6.07, 6.45) is 4.27. The van der Waals surface area contributed by atoms with E-state index in [1.165, 1.54) is 10.4 Å². The average molecular weight is 421 g/mol. The lowest BCUT2D eigenvalue weighted by molar-refractivity contribution is 0.143. The fourth-order valence-corrected chi connectivity index (χ4v) is 6.57. The molecule has 2 aromatic rings. The molecule has 0 spiro atoms. The van der Waals surface area contributed by atoms with Gasteiger partial charge >= 0.3 is 0 Å². The Kier molecular flexibility index (Phi) is 4.65. The fraction of sp³-hybridized carbons (Fsp3) is 0.579. The molecule has 28 heavy (non-hydrogen) atoms. The molecule has 1 saturated carbocycles. The first-order chi connectivity index (χ1) is 13.6. The summed E-state index contributed by atoms with van der Waals surface area (Å²) in [4.78, 5) is 13.6. The molecule has 1 fully saturated rings. The number of aliphatic hydroxyl groups excluding tert-OH is 2. The van der Waals surface area contributed by atoms with E-state index in [1.807, 2.05) is 0 Å². The maximum Gasteiger partial charge on any atom is 0.228 e. The van der Waals surface area contributed by atoms with Crippen molar-refractivity contribution in [2.24, 2.45) is 0 Å². The van der Waals surface area contributed by atoms with Crippen molar-refractivity contribution in [3.63, 3.8) is 0 Å². The van der Waals surface area contributed by atoms with E-state index in [0.717, 1.165) is 31.4 Å². The number of hydrogen-bond acceptors (Lipinski definition) is 8. The van der Waals surface area contributed by atoms with E-state index < -0.39 is 10.8 Å². The van der Waals surface area contributed by atoms with E-state index >= 15 is 0 Å². The van der Waals surface area contributed by atoms with Crippen LogP contribution < -0.4 is 10.2 Å². The van der Waals surface area contributed by atoms with E-state index in [2.05, 4.69) is 21.7 Å². The van der Waals surface area contributed by atoms with Crippen LogP contribution in [0.3, 0.4) is 0 Å². The van der Waals surface area contributed by atoms with Crippen LogP contribution in [0.15, 0.2) is 16.3 Å². The number of hydrogen-bond donors (Lipinski definition) is 3. The quantitative estimate of drug-likeness (QED) is 0.673. The Hall–Kier alpha value is -1.55. The molecule has 9 heteroatoms. The van der Waals surface area contributed by atoms with Crippen LogP contribution in [0.25, 0.3) is 0 Å².